The van der Waals surface area contributed by atoms with Crippen molar-refractivity contribution in [1.82, 2.24) is 15.6 Å². The molecule has 22 heavy (non-hydrogen) atoms. The van der Waals surface area contributed by atoms with Gasteiger partial charge >= 0.3 is 0 Å². The number of ether oxygens (including phenoxy) is 1. The second-order valence-electron chi connectivity index (χ2n) is 6.62. The minimum absolute atomic E-state index is 0.0453. The van der Waals surface area contributed by atoms with E-state index >= 15 is 0 Å². The Labute approximate surface area is 131 Å². The van der Waals surface area contributed by atoms with Crippen LogP contribution < -0.4 is 10.6 Å². The van der Waals surface area contributed by atoms with E-state index in [-0.39, 0.29) is 11.3 Å². The van der Waals surface area contributed by atoms with Gasteiger partial charge < -0.3 is 15.4 Å². The molecule has 0 atom stereocenters. The lowest BCUT2D eigenvalue weighted by Crippen LogP contribution is -2.47. The van der Waals surface area contributed by atoms with Crippen LogP contribution in [0.4, 0.5) is 0 Å². The number of piperidine rings is 1. The van der Waals surface area contributed by atoms with Gasteiger partial charge in [0.15, 0.2) is 0 Å². The van der Waals surface area contributed by atoms with E-state index in [2.05, 4.69) is 15.6 Å². The minimum Gasteiger partial charge on any atom is -0.384 e. The summed E-state index contributed by atoms with van der Waals surface area (Å²) in [5.41, 5.74) is 1.81. The van der Waals surface area contributed by atoms with Gasteiger partial charge in [-0.05, 0) is 56.3 Å². The zero-order valence-corrected chi connectivity index (χ0v) is 13.2. The molecule has 0 unspecified atom stereocenters. The molecule has 1 aromatic heterocycles. The van der Waals surface area contributed by atoms with Gasteiger partial charge in [0, 0.05) is 25.3 Å². The lowest BCUT2D eigenvalue weighted by atomic mass is 9.79. The van der Waals surface area contributed by atoms with E-state index < -0.39 is 0 Å². The molecular weight excluding hydrogens is 278 g/mol. The molecule has 2 fully saturated rings. The Bertz CT molecular complexity index is 500. The van der Waals surface area contributed by atoms with E-state index in [0.717, 1.165) is 25.9 Å². The molecule has 1 amide bonds. The average molecular weight is 303 g/mol. The number of hydrogen-bond donors (Lipinski definition) is 2. The predicted octanol–water partition coefficient (Wildman–Crippen LogP) is 1.70. The van der Waals surface area contributed by atoms with Crippen molar-refractivity contribution < 1.29 is 9.53 Å². The van der Waals surface area contributed by atoms with Crippen LogP contribution in [0.3, 0.4) is 0 Å². The van der Waals surface area contributed by atoms with Gasteiger partial charge in [0.25, 0.3) is 5.91 Å². The summed E-state index contributed by atoms with van der Waals surface area (Å²) in [7, 11) is 1.73. The highest BCUT2D eigenvalue weighted by atomic mass is 16.5. The first-order chi connectivity index (χ1) is 10.7. The van der Waals surface area contributed by atoms with Gasteiger partial charge in [-0.15, -0.1) is 0 Å². The summed E-state index contributed by atoms with van der Waals surface area (Å²) in [5.74, 6) is 0.584. The number of aromatic nitrogens is 1. The monoisotopic (exact) mass is 303 g/mol. The van der Waals surface area contributed by atoms with Crippen molar-refractivity contribution in [1.29, 1.82) is 0 Å². The maximum absolute atomic E-state index is 12.3. The highest BCUT2D eigenvalue weighted by molar-refractivity contribution is 5.92. The molecule has 1 aliphatic heterocycles. The van der Waals surface area contributed by atoms with Crippen LogP contribution in [-0.4, -0.2) is 44.2 Å². The average Bonchev–Trinajstić information content (AvgIpc) is 3.39. The van der Waals surface area contributed by atoms with E-state index in [1.165, 1.54) is 18.4 Å². The van der Waals surface area contributed by atoms with E-state index in [4.69, 9.17) is 4.74 Å². The summed E-state index contributed by atoms with van der Waals surface area (Å²) >= 11 is 0. The molecule has 1 aromatic rings. The molecule has 2 heterocycles. The summed E-state index contributed by atoms with van der Waals surface area (Å²) in [5, 5.41) is 6.41. The van der Waals surface area contributed by atoms with Crippen LogP contribution in [0.5, 0.6) is 0 Å². The lowest BCUT2D eigenvalue weighted by Gasteiger charge is -2.37. The molecule has 120 valence electrons. The fourth-order valence-electron chi connectivity index (χ4n) is 3.19. The fraction of sp³-hybridized carbons (Fsp3) is 0.647. The summed E-state index contributed by atoms with van der Waals surface area (Å²) in [4.78, 5) is 16.6. The normalized spacial score (nSPS) is 20.6. The van der Waals surface area contributed by atoms with Crippen LogP contribution >= 0.6 is 0 Å². The van der Waals surface area contributed by atoms with Gasteiger partial charge in [-0.3, -0.25) is 9.78 Å². The molecule has 2 aliphatic rings. The van der Waals surface area contributed by atoms with Crippen molar-refractivity contribution in [2.45, 2.75) is 31.6 Å². The molecule has 1 saturated carbocycles. The van der Waals surface area contributed by atoms with Crippen molar-refractivity contribution in [2.75, 3.05) is 33.4 Å². The highest BCUT2D eigenvalue weighted by Crippen LogP contribution is 2.39. The third-order valence-electron chi connectivity index (χ3n) is 4.81. The standard InChI is InChI=1S/C17H25N3O2/c1-22-12-17(6-8-18-9-7-17)11-20-16(21)15-5-4-14(10-19-15)13-2-3-13/h4-5,10,13,18H,2-3,6-9,11-12H2,1H3,(H,20,21). The first-order valence-electron chi connectivity index (χ1n) is 8.16. The summed E-state index contributed by atoms with van der Waals surface area (Å²) in [6, 6.07) is 3.88. The molecule has 3 rings (SSSR count). The Balaban J connectivity index is 1.57. The number of carbonyl (C=O) groups excluding carboxylic acids is 1. The van der Waals surface area contributed by atoms with Crippen molar-refractivity contribution in [3.63, 3.8) is 0 Å². The molecule has 5 nitrogen and oxygen atoms in total. The molecule has 0 aromatic carbocycles. The number of hydrogen-bond acceptors (Lipinski definition) is 4. The summed E-state index contributed by atoms with van der Waals surface area (Å²) < 4.78 is 5.38. The number of nitrogens with zero attached hydrogens (tertiary/aromatic N) is 1. The first-order valence-corrected chi connectivity index (χ1v) is 8.16. The predicted molar refractivity (Wildman–Crippen MR) is 85.0 cm³/mol. The SMILES string of the molecule is COCC1(CNC(=O)c2ccc(C3CC3)cn2)CCNCC1. The van der Waals surface area contributed by atoms with E-state index in [1.807, 2.05) is 18.3 Å². The molecule has 0 bridgehead atoms. The zero-order chi connectivity index (χ0) is 15.4. The van der Waals surface area contributed by atoms with Crippen LogP contribution in [0.2, 0.25) is 0 Å². The molecule has 1 aliphatic carbocycles. The van der Waals surface area contributed by atoms with Crippen molar-refractivity contribution in [2.24, 2.45) is 5.41 Å². The summed E-state index contributed by atoms with van der Waals surface area (Å²) in [6.45, 7) is 3.29. The molecule has 0 radical (unpaired) electrons. The van der Waals surface area contributed by atoms with Crippen LogP contribution in [0.25, 0.3) is 0 Å². The fourth-order valence-corrected chi connectivity index (χ4v) is 3.19. The van der Waals surface area contributed by atoms with Crippen LogP contribution in [0.1, 0.15) is 47.7 Å². The number of carbonyl (C=O) groups is 1. The van der Waals surface area contributed by atoms with Crippen molar-refractivity contribution in [3.8, 4) is 0 Å². The van der Waals surface area contributed by atoms with Crippen LogP contribution in [0, 0.1) is 5.41 Å². The zero-order valence-electron chi connectivity index (χ0n) is 13.2. The number of nitrogens with one attached hydrogen (secondary N) is 2. The Morgan fingerprint density at radius 3 is 2.77 bits per heavy atom. The first kappa shape index (κ1) is 15.4. The highest BCUT2D eigenvalue weighted by Gasteiger charge is 2.32. The van der Waals surface area contributed by atoms with Gasteiger partial charge in [0.1, 0.15) is 5.69 Å². The number of rotatable bonds is 6. The lowest BCUT2D eigenvalue weighted by molar-refractivity contribution is 0.0511. The van der Waals surface area contributed by atoms with E-state index in [0.29, 0.717) is 24.8 Å². The smallest absolute Gasteiger partial charge is 0.269 e. The third kappa shape index (κ3) is 3.65. The van der Waals surface area contributed by atoms with Gasteiger partial charge in [0.05, 0.1) is 6.61 Å². The number of methoxy groups -OCH3 is 1. The van der Waals surface area contributed by atoms with Crippen molar-refractivity contribution in [3.05, 3.63) is 29.6 Å². The summed E-state index contributed by atoms with van der Waals surface area (Å²) in [6.07, 6.45) is 6.40. The van der Waals surface area contributed by atoms with E-state index in [9.17, 15) is 4.79 Å². The minimum atomic E-state index is -0.0867. The second kappa shape index (κ2) is 6.75. The van der Waals surface area contributed by atoms with Crippen LogP contribution in [-0.2, 0) is 4.74 Å². The Hall–Kier alpha value is -1.46. The third-order valence-corrected chi connectivity index (χ3v) is 4.81. The maximum atomic E-state index is 12.3. The molecule has 1 saturated heterocycles. The van der Waals surface area contributed by atoms with E-state index in [1.54, 1.807) is 7.11 Å². The Kier molecular flexibility index (Phi) is 4.74. The topological polar surface area (TPSA) is 63.2 Å². The number of pyridine rings is 1. The second-order valence-corrected chi connectivity index (χ2v) is 6.62. The Morgan fingerprint density at radius 2 is 2.18 bits per heavy atom. The molecular formula is C17H25N3O2. The Morgan fingerprint density at radius 1 is 1.41 bits per heavy atom. The van der Waals surface area contributed by atoms with Gasteiger partial charge in [-0.25, -0.2) is 0 Å². The number of amides is 1. The van der Waals surface area contributed by atoms with Gasteiger partial charge in [0.2, 0.25) is 0 Å². The van der Waals surface area contributed by atoms with Gasteiger partial charge in [-0.1, -0.05) is 6.07 Å². The quantitative estimate of drug-likeness (QED) is 0.840. The largest absolute Gasteiger partial charge is 0.384 e. The molecule has 5 heteroatoms. The van der Waals surface area contributed by atoms with Crippen LogP contribution in [0.15, 0.2) is 18.3 Å². The molecule has 2 N–H and O–H groups in total. The molecule has 0 spiro atoms. The van der Waals surface area contributed by atoms with Gasteiger partial charge in [-0.2, -0.15) is 0 Å². The maximum Gasteiger partial charge on any atom is 0.269 e. The van der Waals surface area contributed by atoms with Crippen molar-refractivity contribution >= 4 is 5.91 Å².